The van der Waals surface area contributed by atoms with Crippen LogP contribution in [0.15, 0.2) is 66.7 Å². The maximum Gasteiger partial charge on any atom is 0.338 e. The van der Waals surface area contributed by atoms with Gasteiger partial charge in [0.2, 0.25) is 11.8 Å². The smallest absolute Gasteiger partial charge is 0.338 e. The Kier molecular flexibility index (Phi) is 14.5. The maximum atomic E-state index is 14.2. The molecule has 3 rings (SSSR count). The molecule has 0 saturated carbocycles. The Bertz CT molecular complexity index is 1430. The predicted molar refractivity (Wildman–Crippen MR) is 182 cm³/mol. The van der Waals surface area contributed by atoms with Gasteiger partial charge in [0, 0.05) is 32.1 Å². The molecule has 256 valence electrons. The summed E-state index contributed by atoms with van der Waals surface area (Å²) in [5.74, 6) is -0.592. The van der Waals surface area contributed by atoms with E-state index in [0.29, 0.717) is 25.5 Å². The lowest BCUT2D eigenvalue weighted by Gasteiger charge is -2.33. The van der Waals surface area contributed by atoms with E-state index >= 15 is 0 Å². The van der Waals surface area contributed by atoms with Crippen LogP contribution in [0.2, 0.25) is 0 Å². The van der Waals surface area contributed by atoms with Gasteiger partial charge in [-0.2, -0.15) is 0 Å². The summed E-state index contributed by atoms with van der Waals surface area (Å²) in [5, 5.41) is 10.5. The molecule has 0 spiro atoms. The summed E-state index contributed by atoms with van der Waals surface area (Å²) < 4.78 is 17.9. The van der Waals surface area contributed by atoms with Gasteiger partial charge in [0.1, 0.15) is 17.4 Å². The molecule has 3 atom stereocenters. The quantitative estimate of drug-likeness (QED) is 0.117. The Morgan fingerprint density at radius 1 is 0.830 bits per heavy atom. The van der Waals surface area contributed by atoms with E-state index in [-0.39, 0.29) is 17.9 Å². The summed E-state index contributed by atoms with van der Waals surface area (Å²) in [6, 6.07) is 19.3. The minimum Gasteiger partial charge on any atom is -0.488 e. The molecule has 11 heteroatoms. The minimum atomic E-state index is -0.979. The van der Waals surface area contributed by atoms with E-state index in [1.165, 1.54) is 0 Å². The Morgan fingerprint density at radius 3 is 2.13 bits per heavy atom. The number of rotatable bonds is 17. The number of benzene rings is 3. The third-order valence-corrected chi connectivity index (χ3v) is 7.22. The number of fused-ring (bicyclic) bond motifs is 1. The molecule has 4 amide bonds. The van der Waals surface area contributed by atoms with Crippen molar-refractivity contribution in [3.63, 3.8) is 0 Å². The van der Waals surface area contributed by atoms with Crippen LogP contribution in [0.25, 0.3) is 10.8 Å². The third-order valence-electron chi connectivity index (χ3n) is 7.22. The fourth-order valence-electron chi connectivity index (χ4n) is 5.20. The van der Waals surface area contributed by atoms with E-state index in [2.05, 4.69) is 21.4 Å². The van der Waals surface area contributed by atoms with Gasteiger partial charge in [0.15, 0.2) is 12.9 Å². The minimum absolute atomic E-state index is 0.189. The summed E-state index contributed by atoms with van der Waals surface area (Å²) in [7, 11) is 0. The van der Waals surface area contributed by atoms with Crippen molar-refractivity contribution in [1.29, 1.82) is 0 Å². The predicted octanol–water partition coefficient (Wildman–Crippen LogP) is 5.19. The van der Waals surface area contributed by atoms with Gasteiger partial charge in [0.25, 0.3) is 0 Å². The van der Waals surface area contributed by atoms with E-state index in [1.54, 1.807) is 6.92 Å². The molecule has 0 fully saturated rings. The Hall–Kier alpha value is -4.19. The average Bonchev–Trinajstić information content (AvgIpc) is 3.03. The first kappa shape index (κ1) is 37.3. The number of amides is 4. The van der Waals surface area contributed by atoms with Crippen molar-refractivity contribution in [2.75, 3.05) is 26.4 Å². The summed E-state index contributed by atoms with van der Waals surface area (Å²) in [6.07, 6.45) is -0.403. The highest BCUT2D eigenvalue weighted by Gasteiger charge is 2.33. The highest BCUT2D eigenvalue weighted by molar-refractivity contribution is 5.90. The van der Waals surface area contributed by atoms with Crippen LogP contribution in [-0.4, -0.2) is 62.1 Å². The van der Waals surface area contributed by atoms with Crippen LogP contribution in [0.5, 0.6) is 5.75 Å². The van der Waals surface area contributed by atoms with Crippen LogP contribution in [0, 0.1) is 5.92 Å². The zero-order valence-corrected chi connectivity index (χ0v) is 28.6. The van der Waals surface area contributed by atoms with Crippen molar-refractivity contribution in [3.8, 4) is 5.75 Å². The molecule has 3 aromatic rings. The van der Waals surface area contributed by atoms with Crippen LogP contribution in [0.3, 0.4) is 0 Å². The van der Waals surface area contributed by atoms with E-state index < -0.39 is 42.8 Å². The molecule has 0 radical (unpaired) electrons. The fraction of sp³-hybridized carbons (Fsp3) is 0.472. The van der Waals surface area contributed by atoms with Crippen molar-refractivity contribution in [3.05, 3.63) is 77.9 Å². The molecule has 0 aliphatic rings. The molecule has 1 unspecified atom stereocenters. The van der Waals surface area contributed by atoms with Crippen molar-refractivity contribution < 1.29 is 33.4 Å². The number of hydrogen-bond donors (Lipinski definition) is 4. The van der Waals surface area contributed by atoms with Crippen molar-refractivity contribution in [1.82, 2.24) is 21.4 Å². The number of hydrogen-bond acceptors (Lipinski definition) is 7. The molecule has 0 bridgehead atoms. The molecule has 0 aliphatic carbocycles. The Balaban J connectivity index is 1.93. The summed E-state index contributed by atoms with van der Waals surface area (Å²) in [4.78, 5) is 44.0. The highest BCUT2D eigenvalue weighted by atomic mass is 16.7. The van der Waals surface area contributed by atoms with Crippen molar-refractivity contribution in [2.24, 2.45) is 5.92 Å². The van der Waals surface area contributed by atoms with Gasteiger partial charge in [-0.15, -0.1) is 0 Å². The van der Waals surface area contributed by atoms with Crippen molar-refractivity contribution >= 4 is 28.6 Å². The molecule has 0 aliphatic heterocycles. The van der Waals surface area contributed by atoms with Crippen LogP contribution in [0.4, 0.5) is 4.79 Å². The van der Waals surface area contributed by atoms with Crippen molar-refractivity contribution in [2.45, 2.75) is 78.9 Å². The van der Waals surface area contributed by atoms with Gasteiger partial charge in [-0.3, -0.25) is 14.4 Å². The van der Waals surface area contributed by atoms with Gasteiger partial charge in [-0.1, -0.05) is 61.5 Å². The second kappa shape index (κ2) is 18.2. The molecule has 0 saturated heterocycles. The van der Waals surface area contributed by atoms with Crippen LogP contribution < -0.4 is 26.2 Å². The molecule has 0 heterocycles. The van der Waals surface area contributed by atoms with Gasteiger partial charge >= 0.3 is 6.03 Å². The lowest BCUT2D eigenvalue weighted by molar-refractivity contribution is -0.170. The van der Waals surface area contributed by atoms with E-state index in [4.69, 9.17) is 19.0 Å². The largest absolute Gasteiger partial charge is 0.488 e. The normalized spacial score (nSPS) is 13.4. The van der Waals surface area contributed by atoms with E-state index in [9.17, 15) is 14.4 Å². The monoisotopic (exact) mass is 650 g/mol. The molecular formula is C36H50N4O7. The summed E-state index contributed by atoms with van der Waals surface area (Å²) >= 11 is 0. The number of ether oxygens (including phenoxy) is 3. The molecule has 4 N–H and O–H groups in total. The third kappa shape index (κ3) is 11.8. The molecular weight excluding hydrogens is 600 g/mol. The lowest BCUT2D eigenvalue weighted by atomic mass is 9.89. The second-order valence-electron chi connectivity index (χ2n) is 12.1. The Labute approximate surface area is 278 Å². The van der Waals surface area contributed by atoms with Crippen LogP contribution in [-0.2, 0) is 30.3 Å². The number of carbonyl (C=O) groups is 3. The van der Waals surface area contributed by atoms with Crippen LogP contribution in [0.1, 0.15) is 65.6 Å². The zero-order valence-electron chi connectivity index (χ0n) is 28.6. The van der Waals surface area contributed by atoms with Gasteiger partial charge in [-0.05, 0) is 75.6 Å². The maximum absolute atomic E-state index is 14.2. The van der Waals surface area contributed by atoms with Crippen LogP contribution >= 0.6 is 0 Å². The number of carbonyl (C=O) groups excluding carboxylic acids is 3. The number of urea groups is 1. The van der Waals surface area contributed by atoms with Gasteiger partial charge in [-0.25, -0.2) is 10.3 Å². The standard InChI is InChI=1S/C36H50N4O7/c1-8-37-35(43)40-46-23-31(41)38-30(22-25-18-20-27(21-19-25)47-36(5,6)7)33(42)39-32(24(4)34(44-9-2)45-10-3)29-17-13-15-26-14-11-12-16-28(26)29/h11-21,24,30,32,34H,8-10,22-23H2,1-7H3,(H,38,41)(H,39,42)(H2,37,40,43)/t24-,30?,32-/m0/s1. The van der Waals surface area contributed by atoms with Gasteiger partial charge < -0.3 is 30.2 Å². The number of nitrogens with one attached hydrogen (secondary N) is 4. The second-order valence-corrected chi connectivity index (χ2v) is 12.1. The zero-order chi connectivity index (χ0) is 34.4. The van der Waals surface area contributed by atoms with E-state index in [1.807, 2.05) is 108 Å². The van der Waals surface area contributed by atoms with E-state index in [0.717, 1.165) is 21.9 Å². The SMILES string of the molecule is CCNC(=O)NOCC(=O)NC(Cc1ccc(OC(C)(C)C)cc1)C(=O)N[C@H](c1cccc2ccccc12)[C@H](C)C(OCC)OCC. The lowest BCUT2D eigenvalue weighted by Crippen LogP contribution is -2.51. The van der Waals surface area contributed by atoms with Gasteiger partial charge in [0.05, 0.1) is 6.04 Å². The summed E-state index contributed by atoms with van der Waals surface area (Å²) in [6.45, 7) is 14.2. The molecule has 0 aromatic heterocycles. The molecule has 11 nitrogen and oxygen atoms in total. The molecule has 3 aromatic carbocycles. The topological polar surface area (TPSA) is 136 Å². The Morgan fingerprint density at radius 2 is 1.49 bits per heavy atom. The highest BCUT2D eigenvalue weighted by Crippen LogP contribution is 2.32. The number of hydroxylamine groups is 1. The molecule has 47 heavy (non-hydrogen) atoms. The average molecular weight is 651 g/mol. The first-order chi connectivity index (χ1) is 22.4. The first-order valence-electron chi connectivity index (χ1n) is 16.2. The fourth-order valence-corrected chi connectivity index (χ4v) is 5.20. The summed E-state index contributed by atoms with van der Waals surface area (Å²) in [5.41, 5.74) is 3.50. The first-order valence-corrected chi connectivity index (χ1v) is 16.2.